The molecule has 0 unspecified atom stereocenters. The van der Waals surface area contributed by atoms with E-state index in [9.17, 15) is 14.7 Å². The SMILES string of the molecule is N=C1C(=Cc2ccc(-c3cccc(C(=O)O)c3)o2)C(=O)N=C2SC(SCc3ccccc3)=NN12. The lowest BCUT2D eigenvalue weighted by Crippen LogP contribution is -2.35. The number of hydrogen-bond donors (Lipinski definition) is 2. The Kier molecular flexibility index (Phi) is 5.91. The minimum absolute atomic E-state index is 0.0580. The van der Waals surface area contributed by atoms with Gasteiger partial charge in [0, 0.05) is 11.3 Å². The molecule has 1 aromatic heterocycles. The number of rotatable bonds is 5. The van der Waals surface area contributed by atoms with Crippen molar-refractivity contribution >= 4 is 56.9 Å². The molecule has 2 aliphatic rings. The van der Waals surface area contributed by atoms with Crippen molar-refractivity contribution in [1.29, 1.82) is 5.41 Å². The summed E-state index contributed by atoms with van der Waals surface area (Å²) < 4.78 is 6.50. The first kappa shape index (κ1) is 21.9. The van der Waals surface area contributed by atoms with Crippen LogP contribution in [0.3, 0.4) is 0 Å². The highest BCUT2D eigenvalue weighted by Crippen LogP contribution is 2.34. The second-order valence-corrected chi connectivity index (χ2v) is 9.43. The first-order valence-electron chi connectivity index (χ1n) is 10.1. The highest BCUT2D eigenvalue weighted by Gasteiger charge is 2.36. The lowest BCUT2D eigenvalue weighted by Gasteiger charge is -2.19. The van der Waals surface area contributed by atoms with Crippen molar-refractivity contribution in [3.05, 3.63) is 89.2 Å². The van der Waals surface area contributed by atoms with Crippen LogP contribution in [0.2, 0.25) is 0 Å². The van der Waals surface area contributed by atoms with Crippen LogP contribution in [-0.4, -0.2) is 37.4 Å². The number of amides is 1. The second kappa shape index (κ2) is 9.16. The summed E-state index contributed by atoms with van der Waals surface area (Å²) >= 11 is 2.78. The summed E-state index contributed by atoms with van der Waals surface area (Å²) in [7, 11) is 0. The number of carboxylic acids is 1. The van der Waals surface area contributed by atoms with Crippen LogP contribution in [0.15, 0.2) is 86.8 Å². The molecular formula is C24H16N4O4S2. The van der Waals surface area contributed by atoms with E-state index >= 15 is 0 Å². The monoisotopic (exact) mass is 488 g/mol. The average molecular weight is 489 g/mol. The van der Waals surface area contributed by atoms with Gasteiger partial charge in [0.15, 0.2) is 10.2 Å². The Balaban J connectivity index is 1.35. The molecule has 8 nitrogen and oxygen atoms in total. The number of aromatic carboxylic acids is 1. The Bertz CT molecular complexity index is 1410. The van der Waals surface area contributed by atoms with Gasteiger partial charge in [0.2, 0.25) is 5.17 Å². The van der Waals surface area contributed by atoms with E-state index in [2.05, 4.69) is 10.1 Å². The Morgan fingerprint density at radius 2 is 1.97 bits per heavy atom. The molecule has 2 aromatic carbocycles. The van der Waals surface area contributed by atoms with Crippen LogP contribution in [0.4, 0.5) is 0 Å². The van der Waals surface area contributed by atoms with Crippen molar-refractivity contribution in [3.63, 3.8) is 0 Å². The molecule has 10 heteroatoms. The molecule has 0 aliphatic carbocycles. The molecule has 3 aromatic rings. The standard InChI is InChI=1S/C24H16N4O4S2/c25-20-18(12-17-9-10-19(32-17)15-7-4-8-16(11-15)22(30)31)21(29)26-23-28(20)27-24(34-23)33-13-14-5-2-1-3-6-14/h1-12,25H,13H2,(H,30,31). The van der Waals surface area contributed by atoms with Crippen LogP contribution < -0.4 is 0 Å². The summed E-state index contributed by atoms with van der Waals surface area (Å²) in [6, 6.07) is 19.7. The topological polar surface area (TPSA) is 119 Å². The maximum absolute atomic E-state index is 12.6. The fourth-order valence-corrected chi connectivity index (χ4v) is 5.17. The summed E-state index contributed by atoms with van der Waals surface area (Å²) in [5, 5.41) is 23.9. The Hall–Kier alpha value is -3.89. The average Bonchev–Trinajstić information content (AvgIpc) is 3.48. The van der Waals surface area contributed by atoms with Gasteiger partial charge in [-0.05, 0) is 47.7 Å². The zero-order valence-electron chi connectivity index (χ0n) is 17.5. The van der Waals surface area contributed by atoms with Crippen molar-refractivity contribution in [2.24, 2.45) is 10.1 Å². The van der Waals surface area contributed by atoms with Crippen molar-refractivity contribution in [3.8, 4) is 11.3 Å². The van der Waals surface area contributed by atoms with E-state index in [4.69, 9.17) is 9.83 Å². The first-order chi connectivity index (χ1) is 16.5. The van der Waals surface area contributed by atoms with E-state index in [1.54, 1.807) is 24.3 Å². The molecule has 5 rings (SSSR count). The van der Waals surface area contributed by atoms with Crippen LogP contribution in [-0.2, 0) is 10.5 Å². The van der Waals surface area contributed by atoms with Gasteiger partial charge >= 0.3 is 5.97 Å². The van der Waals surface area contributed by atoms with Crippen LogP contribution in [0.5, 0.6) is 0 Å². The van der Waals surface area contributed by atoms with Gasteiger partial charge in [-0.1, -0.05) is 54.2 Å². The highest BCUT2D eigenvalue weighted by atomic mass is 32.2. The van der Waals surface area contributed by atoms with Crippen LogP contribution in [0.25, 0.3) is 17.4 Å². The third-order valence-corrected chi connectivity index (χ3v) is 7.06. The van der Waals surface area contributed by atoms with Gasteiger partial charge in [0.05, 0.1) is 11.1 Å². The number of thioether (sulfide) groups is 2. The number of benzene rings is 2. The van der Waals surface area contributed by atoms with Gasteiger partial charge in [-0.2, -0.15) is 10.0 Å². The highest BCUT2D eigenvalue weighted by molar-refractivity contribution is 8.45. The molecule has 2 N–H and O–H groups in total. The maximum atomic E-state index is 12.6. The van der Waals surface area contributed by atoms with Gasteiger partial charge in [-0.25, -0.2) is 4.79 Å². The Labute approximate surface area is 202 Å². The first-order valence-corrected chi connectivity index (χ1v) is 11.9. The number of nitrogens with zero attached hydrogens (tertiary/aromatic N) is 3. The number of fused-ring (bicyclic) bond motifs is 1. The summed E-state index contributed by atoms with van der Waals surface area (Å²) in [6.07, 6.45) is 1.45. The molecule has 3 heterocycles. The summed E-state index contributed by atoms with van der Waals surface area (Å²) in [4.78, 5) is 27.9. The molecule has 34 heavy (non-hydrogen) atoms. The molecule has 0 saturated heterocycles. The van der Waals surface area contributed by atoms with Crippen LogP contribution in [0, 0.1) is 5.41 Å². The van der Waals surface area contributed by atoms with E-state index in [1.807, 2.05) is 30.3 Å². The number of carbonyl (C=O) groups excluding carboxylic acids is 1. The lowest BCUT2D eigenvalue weighted by molar-refractivity contribution is -0.114. The predicted molar refractivity (Wildman–Crippen MR) is 134 cm³/mol. The summed E-state index contributed by atoms with van der Waals surface area (Å²) in [6.45, 7) is 0. The number of aliphatic imine (C=N–C) groups is 1. The summed E-state index contributed by atoms with van der Waals surface area (Å²) in [5.41, 5.74) is 1.94. The van der Waals surface area contributed by atoms with Gasteiger partial charge in [-0.3, -0.25) is 10.2 Å². The molecule has 0 spiro atoms. The fraction of sp³-hybridized carbons (Fsp3) is 0.0417. The van der Waals surface area contributed by atoms with Gasteiger partial charge in [-0.15, -0.1) is 5.10 Å². The van der Waals surface area contributed by atoms with Crippen molar-refractivity contribution < 1.29 is 19.1 Å². The number of hydrazone groups is 1. The molecule has 0 radical (unpaired) electrons. The number of amidine groups is 2. The lowest BCUT2D eigenvalue weighted by atomic mass is 10.1. The molecule has 0 fully saturated rings. The minimum atomic E-state index is -1.03. The largest absolute Gasteiger partial charge is 0.478 e. The maximum Gasteiger partial charge on any atom is 0.335 e. The van der Waals surface area contributed by atoms with Crippen molar-refractivity contribution in [2.75, 3.05) is 0 Å². The Morgan fingerprint density at radius 1 is 1.15 bits per heavy atom. The number of carboxylic acid groups (broad SMARTS) is 1. The van der Waals surface area contributed by atoms with E-state index in [0.29, 0.717) is 26.6 Å². The minimum Gasteiger partial charge on any atom is -0.478 e. The molecule has 2 aliphatic heterocycles. The quantitative estimate of drug-likeness (QED) is 0.476. The van der Waals surface area contributed by atoms with E-state index in [0.717, 1.165) is 11.3 Å². The molecular weight excluding hydrogens is 472 g/mol. The number of hydrogen-bond acceptors (Lipinski definition) is 7. The second-order valence-electron chi connectivity index (χ2n) is 7.25. The smallest absolute Gasteiger partial charge is 0.335 e. The fourth-order valence-electron chi connectivity index (χ4n) is 3.29. The van der Waals surface area contributed by atoms with E-state index in [1.165, 1.54) is 46.7 Å². The van der Waals surface area contributed by atoms with Gasteiger partial charge < -0.3 is 9.52 Å². The van der Waals surface area contributed by atoms with Crippen LogP contribution in [0.1, 0.15) is 21.7 Å². The van der Waals surface area contributed by atoms with Gasteiger partial charge in [0.1, 0.15) is 11.5 Å². The molecule has 1 amide bonds. The molecule has 0 bridgehead atoms. The van der Waals surface area contributed by atoms with Crippen molar-refractivity contribution in [1.82, 2.24) is 5.01 Å². The third kappa shape index (κ3) is 4.45. The number of furan rings is 1. The summed E-state index contributed by atoms with van der Waals surface area (Å²) in [5.74, 6) is -0.144. The zero-order valence-corrected chi connectivity index (χ0v) is 19.1. The molecule has 0 saturated carbocycles. The zero-order chi connectivity index (χ0) is 23.7. The number of carbonyl (C=O) groups is 2. The molecule has 0 atom stereocenters. The van der Waals surface area contributed by atoms with E-state index < -0.39 is 11.9 Å². The number of nitrogens with one attached hydrogen (secondary N) is 1. The van der Waals surface area contributed by atoms with E-state index in [-0.39, 0.29) is 17.0 Å². The predicted octanol–water partition coefficient (Wildman–Crippen LogP) is 5.15. The normalized spacial score (nSPS) is 16.5. The van der Waals surface area contributed by atoms with Crippen molar-refractivity contribution in [2.45, 2.75) is 5.75 Å². The third-order valence-electron chi connectivity index (χ3n) is 4.95. The molecule has 168 valence electrons. The Morgan fingerprint density at radius 3 is 2.76 bits per heavy atom. The van der Waals surface area contributed by atoms with Crippen LogP contribution >= 0.6 is 23.5 Å². The van der Waals surface area contributed by atoms with Gasteiger partial charge in [0.25, 0.3) is 5.91 Å².